The summed E-state index contributed by atoms with van der Waals surface area (Å²) in [5.41, 5.74) is 2.81. The van der Waals surface area contributed by atoms with Gasteiger partial charge in [-0.1, -0.05) is 6.92 Å². The lowest BCUT2D eigenvalue weighted by Gasteiger charge is -2.19. The molecule has 7 heteroatoms. The third kappa shape index (κ3) is 3.20. The maximum Gasteiger partial charge on any atom is 0.225 e. The molecule has 1 atom stereocenters. The fraction of sp³-hybridized carbons (Fsp3) is 0.471. The highest BCUT2D eigenvalue weighted by atomic mass is 16.2. The van der Waals surface area contributed by atoms with Gasteiger partial charge in [0.2, 0.25) is 11.9 Å². The fourth-order valence-electron chi connectivity index (χ4n) is 3.01. The van der Waals surface area contributed by atoms with E-state index in [1.807, 2.05) is 37.0 Å². The van der Waals surface area contributed by atoms with Crippen LogP contribution in [0.4, 0.5) is 5.95 Å². The van der Waals surface area contributed by atoms with Crippen LogP contribution in [0.3, 0.4) is 0 Å². The van der Waals surface area contributed by atoms with Crippen LogP contribution in [0.15, 0.2) is 24.9 Å². The fourth-order valence-corrected chi connectivity index (χ4v) is 3.01. The van der Waals surface area contributed by atoms with Gasteiger partial charge in [0, 0.05) is 69.2 Å². The molecule has 0 unspecified atom stereocenters. The van der Waals surface area contributed by atoms with Gasteiger partial charge in [-0.05, 0) is 6.42 Å². The van der Waals surface area contributed by atoms with Crippen LogP contribution >= 0.6 is 0 Å². The smallest absolute Gasteiger partial charge is 0.225 e. The number of amides is 1. The predicted molar refractivity (Wildman–Crippen MR) is 91.6 cm³/mol. The topological polar surface area (TPSA) is 75.1 Å². The van der Waals surface area contributed by atoms with Gasteiger partial charge in [-0.2, -0.15) is 0 Å². The minimum absolute atomic E-state index is 0.198. The van der Waals surface area contributed by atoms with Crippen LogP contribution in [-0.2, 0) is 4.79 Å². The molecule has 0 aliphatic carbocycles. The molecule has 0 spiro atoms. The van der Waals surface area contributed by atoms with Crippen LogP contribution in [0.1, 0.15) is 31.4 Å². The zero-order valence-corrected chi connectivity index (χ0v) is 14.3. The summed E-state index contributed by atoms with van der Waals surface area (Å²) in [6.07, 6.45) is 8.34. The van der Waals surface area contributed by atoms with Gasteiger partial charge in [-0.15, -0.1) is 0 Å². The molecule has 1 fully saturated rings. The van der Waals surface area contributed by atoms with Gasteiger partial charge < -0.3 is 9.80 Å². The summed E-state index contributed by atoms with van der Waals surface area (Å²) in [6.45, 7) is 3.39. The van der Waals surface area contributed by atoms with Crippen LogP contribution in [0.5, 0.6) is 0 Å². The quantitative estimate of drug-likeness (QED) is 0.852. The van der Waals surface area contributed by atoms with E-state index in [1.54, 1.807) is 12.4 Å². The average Bonchev–Trinajstić information content (AvgIpc) is 3.11. The van der Waals surface area contributed by atoms with E-state index in [0.717, 1.165) is 29.8 Å². The summed E-state index contributed by atoms with van der Waals surface area (Å²) < 4.78 is 0. The first-order chi connectivity index (χ1) is 11.6. The Labute approximate surface area is 141 Å². The number of hydrogen-bond acceptors (Lipinski definition) is 6. The molecule has 0 N–H and O–H groups in total. The maximum atomic E-state index is 12.0. The molecule has 3 rings (SSSR count). The highest BCUT2D eigenvalue weighted by Crippen LogP contribution is 2.33. The van der Waals surface area contributed by atoms with Gasteiger partial charge in [0.1, 0.15) is 6.33 Å². The number of aromatic nitrogens is 4. The number of nitrogens with zero attached hydrogens (tertiary/aromatic N) is 6. The van der Waals surface area contributed by atoms with Crippen LogP contribution < -0.4 is 4.90 Å². The van der Waals surface area contributed by atoms with Gasteiger partial charge in [-0.25, -0.2) is 19.9 Å². The van der Waals surface area contributed by atoms with Crippen molar-refractivity contribution in [1.82, 2.24) is 24.8 Å². The van der Waals surface area contributed by atoms with E-state index < -0.39 is 0 Å². The van der Waals surface area contributed by atoms with E-state index in [1.165, 1.54) is 6.33 Å². The standard InChI is InChI=1S/C17H22N6O/c1-4-15(24)23-6-5-12(10-23)16-14(13-7-18-11-19-8-13)9-20-17(21-16)22(2)3/h7-9,11-12H,4-6,10H2,1-3H3/t12-/m1/s1. The Balaban J connectivity index is 1.98. The molecule has 2 aromatic rings. The molecule has 0 bridgehead atoms. The summed E-state index contributed by atoms with van der Waals surface area (Å²) in [5, 5.41) is 0. The molecule has 1 amide bonds. The Kier molecular flexibility index (Phi) is 4.69. The van der Waals surface area contributed by atoms with Gasteiger partial charge in [0.25, 0.3) is 0 Å². The Bertz CT molecular complexity index is 718. The molecule has 126 valence electrons. The maximum absolute atomic E-state index is 12.0. The van der Waals surface area contributed by atoms with Crippen molar-refractivity contribution < 1.29 is 4.79 Å². The van der Waals surface area contributed by atoms with Crippen molar-refractivity contribution in [2.75, 3.05) is 32.1 Å². The van der Waals surface area contributed by atoms with Gasteiger partial charge in [0.15, 0.2) is 0 Å². The third-order valence-electron chi connectivity index (χ3n) is 4.31. The molecule has 0 saturated carbocycles. The number of carbonyl (C=O) groups is 1. The second-order valence-electron chi connectivity index (χ2n) is 6.17. The summed E-state index contributed by atoms with van der Waals surface area (Å²) in [5.74, 6) is 1.08. The van der Waals surface area contributed by atoms with E-state index in [2.05, 4.69) is 15.0 Å². The van der Waals surface area contributed by atoms with Crippen molar-refractivity contribution in [2.45, 2.75) is 25.7 Å². The average molecular weight is 326 g/mol. The number of rotatable bonds is 4. The van der Waals surface area contributed by atoms with Crippen molar-refractivity contribution in [3.8, 4) is 11.1 Å². The molecule has 0 aromatic carbocycles. The largest absolute Gasteiger partial charge is 0.347 e. The van der Waals surface area contributed by atoms with Crippen molar-refractivity contribution in [3.63, 3.8) is 0 Å². The first-order valence-corrected chi connectivity index (χ1v) is 8.17. The van der Waals surface area contributed by atoms with Crippen LogP contribution in [0, 0.1) is 0 Å². The van der Waals surface area contributed by atoms with E-state index in [-0.39, 0.29) is 11.8 Å². The zero-order valence-electron chi connectivity index (χ0n) is 14.3. The van der Waals surface area contributed by atoms with Crippen LogP contribution in [0.2, 0.25) is 0 Å². The number of carbonyl (C=O) groups excluding carboxylic acids is 1. The summed E-state index contributed by atoms with van der Waals surface area (Å²) in [7, 11) is 3.85. The molecular weight excluding hydrogens is 304 g/mol. The van der Waals surface area contributed by atoms with Crippen LogP contribution in [0.25, 0.3) is 11.1 Å². The van der Waals surface area contributed by atoms with Crippen molar-refractivity contribution >= 4 is 11.9 Å². The third-order valence-corrected chi connectivity index (χ3v) is 4.31. The lowest BCUT2D eigenvalue weighted by Crippen LogP contribution is -2.27. The molecule has 2 aromatic heterocycles. The normalized spacial score (nSPS) is 17.1. The molecule has 1 aliphatic rings. The van der Waals surface area contributed by atoms with Gasteiger partial charge >= 0.3 is 0 Å². The SMILES string of the molecule is CCC(=O)N1CC[C@@H](c2nc(N(C)C)ncc2-c2cncnc2)C1. The first kappa shape index (κ1) is 16.3. The molecule has 1 aliphatic heterocycles. The minimum atomic E-state index is 0.198. The number of hydrogen-bond donors (Lipinski definition) is 0. The van der Waals surface area contributed by atoms with Gasteiger partial charge in [-0.3, -0.25) is 4.79 Å². The first-order valence-electron chi connectivity index (χ1n) is 8.17. The molecule has 3 heterocycles. The highest BCUT2D eigenvalue weighted by Gasteiger charge is 2.30. The lowest BCUT2D eigenvalue weighted by molar-refractivity contribution is -0.129. The van der Waals surface area contributed by atoms with Gasteiger partial charge in [0.05, 0.1) is 5.69 Å². The van der Waals surface area contributed by atoms with E-state index >= 15 is 0 Å². The van der Waals surface area contributed by atoms with Crippen molar-refractivity contribution in [2.24, 2.45) is 0 Å². The zero-order chi connectivity index (χ0) is 17.1. The number of anilines is 1. The Morgan fingerprint density at radius 3 is 2.71 bits per heavy atom. The van der Waals surface area contributed by atoms with Crippen molar-refractivity contribution in [3.05, 3.63) is 30.6 Å². The Morgan fingerprint density at radius 1 is 1.29 bits per heavy atom. The molecular formula is C17H22N6O. The summed E-state index contributed by atoms with van der Waals surface area (Å²) in [4.78, 5) is 33.2. The minimum Gasteiger partial charge on any atom is -0.347 e. The van der Waals surface area contributed by atoms with E-state index in [0.29, 0.717) is 18.9 Å². The molecule has 7 nitrogen and oxygen atoms in total. The molecule has 1 saturated heterocycles. The van der Waals surface area contributed by atoms with E-state index in [4.69, 9.17) is 4.98 Å². The number of likely N-dealkylation sites (tertiary alicyclic amines) is 1. The summed E-state index contributed by atoms with van der Waals surface area (Å²) >= 11 is 0. The second kappa shape index (κ2) is 6.90. The second-order valence-corrected chi connectivity index (χ2v) is 6.17. The Hall–Kier alpha value is -2.57. The lowest BCUT2D eigenvalue weighted by atomic mass is 9.97. The molecule has 0 radical (unpaired) electrons. The van der Waals surface area contributed by atoms with E-state index in [9.17, 15) is 4.79 Å². The van der Waals surface area contributed by atoms with Crippen LogP contribution in [-0.4, -0.2) is 57.9 Å². The Morgan fingerprint density at radius 2 is 2.04 bits per heavy atom. The molecule has 24 heavy (non-hydrogen) atoms. The van der Waals surface area contributed by atoms with Crippen molar-refractivity contribution in [1.29, 1.82) is 0 Å². The monoisotopic (exact) mass is 326 g/mol. The predicted octanol–water partition coefficient (Wildman–Crippen LogP) is 1.73. The summed E-state index contributed by atoms with van der Waals surface area (Å²) in [6, 6.07) is 0. The highest BCUT2D eigenvalue weighted by molar-refractivity contribution is 5.76.